The summed E-state index contributed by atoms with van der Waals surface area (Å²) in [5, 5.41) is 3.38. The molecule has 4 rings (SSSR count). The van der Waals surface area contributed by atoms with Crippen LogP contribution in [0.4, 0.5) is 0 Å². The number of carbonyl (C=O) groups is 1. The Hall–Kier alpha value is -1.35. The predicted octanol–water partition coefficient (Wildman–Crippen LogP) is 3.20. The quantitative estimate of drug-likeness (QED) is 0.926. The highest BCUT2D eigenvalue weighted by atomic mass is 16.2. The largest absolute Gasteiger partial charge is 0.352 e. The fourth-order valence-electron chi connectivity index (χ4n) is 5.03. The van der Waals surface area contributed by atoms with Crippen LogP contribution in [0, 0.1) is 17.8 Å². The Morgan fingerprint density at radius 2 is 2.00 bits per heavy atom. The van der Waals surface area contributed by atoms with E-state index in [1.807, 2.05) is 0 Å². The van der Waals surface area contributed by atoms with Crippen LogP contribution in [-0.4, -0.2) is 29.9 Å². The maximum absolute atomic E-state index is 12.6. The van der Waals surface area contributed by atoms with E-state index >= 15 is 0 Å². The van der Waals surface area contributed by atoms with E-state index in [0.29, 0.717) is 23.8 Å². The van der Waals surface area contributed by atoms with Gasteiger partial charge in [0.05, 0.1) is 0 Å². The number of hydrogen-bond acceptors (Lipinski definition) is 2. The second kappa shape index (κ2) is 6.64. The third kappa shape index (κ3) is 3.45. The van der Waals surface area contributed by atoms with Gasteiger partial charge in [0.15, 0.2) is 0 Å². The fraction of sp³-hybridized carbons (Fsp3) is 0.650. The van der Waals surface area contributed by atoms with Crippen LogP contribution in [0.15, 0.2) is 30.3 Å². The van der Waals surface area contributed by atoms with Crippen molar-refractivity contribution < 1.29 is 4.79 Å². The molecular formula is C20H28N2O. The Balaban J connectivity index is 1.30. The van der Waals surface area contributed by atoms with Crippen LogP contribution in [0.25, 0.3) is 0 Å². The first-order chi connectivity index (χ1) is 11.3. The van der Waals surface area contributed by atoms with E-state index in [4.69, 9.17) is 0 Å². The number of fused-ring (bicyclic) bond motifs is 2. The van der Waals surface area contributed by atoms with Gasteiger partial charge in [0, 0.05) is 25.0 Å². The van der Waals surface area contributed by atoms with Crippen LogP contribution >= 0.6 is 0 Å². The van der Waals surface area contributed by atoms with E-state index in [1.54, 1.807) is 0 Å². The normalized spacial score (nSPS) is 33.7. The van der Waals surface area contributed by atoms with Gasteiger partial charge in [-0.25, -0.2) is 0 Å². The lowest BCUT2D eigenvalue weighted by molar-refractivity contribution is -0.127. The molecule has 3 aliphatic rings. The molecule has 1 N–H and O–H groups in total. The van der Waals surface area contributed by atoms with E-state index in [1.165, 1.54) is 31.2 Å². The van der Waals surface area contributed by atoms with E-state index < -0.39 is 0 Å². The molecule has 4 atom stereocenters. The zero-order chi connectivity index (χ0) is 15.6. The molecule has 0 spiro atoms. The van der Waals surface area contributed by atoms with Gasteiger partial charge < -0.3 is 5.32 Å². The average molecular weight is 312 g/mol. The third-order valence-corrected chi connectivity index (χ3v) is 6.18. The molecule has 3 fully saturated rings. The Bertz CT molecular complexity index is 544. The fourth-order valence-corrected chi connectivity index (χ4v) is 5.03. The minimum atomic E-state index is 0.318. The zero-order valence-electron chi connectivity index (χ0n) is 13.9. The molecular weight excluding hydrogens is 284 g/mol. The SMILES string of the molecule is O=C(N[C@@H]1CCCN(Cc2ccccc2)C1)[C@@H]1C[C@H]2CC[C@H]1C2. The van der Waals surface area contributed by atoms with Gasteiger partial charge in [-0.05, 0) is 56.0 Å². The lowest BCUT2D eigenvalue weighted by Gasteiger charge is -2.34. The molecule has 3 nitrogen and oxygen atoms in total. The van der Waals surface area contributed by atoms with Crippen molar-refractivity contribution in [2.45, 2.75) is 51.1 Å². The molecule has 0 unspecified atom stereocenters. The summed E-state index contributed by atoms with van der Waals surface area (Å²) in [5.41, 5.74) is 1.37. The van der Waals surface area contributed by atoms with Gasteiger partial charge in [-0.2, -0.15) is 0 Å². The van der Waals surface area contributed by atoms with E-state index in [0.717, 1.165) is 38.4 Å². The molecule has 1 aromatic rings. The van der Waals surface area contributed by atoms with Crippen molar-refractivity contribution >= 4 is 5.91 Å². The predicted molar refractivity (Wildman–Crippen MR) is 91.8 cm³/mol. The van der Waals surface area contributed by atoms with Crippen LogP contribution in [0.1, 0.15) is 44.1 Å². The number of carbonyl (C=O) groups excluding carboxylic acids is 1. The number of hydrogen-bond donors (Lipinski definition) is 1. The van der Waals surface area contributed by atoms with Gasteiger partial charge >= 0.3 is 0 Å². The van der Waals surface area contributed by atoms with Crippen LogP contribution in [0.3, 0.4) is 0 Å². The van der Waals surface area contributed by atoms with E-state index in [2.05, 4.69) is 40.5 Å². The number of nitrogens with zero attached hydrogens (tertiary/aromatic N) is 1. The van der Waals surface area contributed by atoms with Gasteiger partial charge in [0.2, 0.25) is 5.91 Å². The Morgan fingerprint density at radius 3 is 2.74 bits per heavy atom. The zero-order valence-corrected chi connectivity index (χ0v) is 13.9. The molecule has 1 saturated heterocycles. The summed E-state index contributed by atoms with van der Waals surface area (Å²) in [6, 6.07) is 11.0. The lowest BCUT2D eigenvalue weighted by atomic mass is 9.88. The molecule has 23 heavy (non-hydrogen) atoms. The van der Waals surface area contributed by atoms with Crippen molar-refractivity contribution in [3.8, 4) is 0 Å². The molecule has 0 radical (unpaired) electrons. The summed E-state index contributed by atoms with van der Waals surface area (Å²) in [5.74, 6) is 2.20. The summed E-state index contributed by atoms with van der Waals surface area (Å²) in [7, 11) is 0. The highest BCUT2D eigenvalue weighted by Crippen LogP contribution is 2.48. The second-order valence-corrected chi connectivity index (χ2v) is 7.85. The van der Waals surface area contributed by atoms with Crippen LogP contribution in [-0.2, 0) is 11.3 Å². The topological polar surface area (TPSA) is 32.3 Å². The molecule has 0 aromatic heterocycles. The van der Waals surface area contributed by atoms with Gasteiger partial charge in [-0.15, -0.1) is 0 Å². The Kier molecular flexibility index (Phi) is 4.39. The lowest BCUT2D eigenvalue weighted by Crippen LogP contribution is -2.49. The van der Waals surface area contributed by atoms with Gasteiger partial charge in [-0.3, -0.25) is 9.69 Å². The van der Waals surface area contributed by atoms with Crippen molar-refractivity contribution in [2.24, 2.45) is 17.8 Å². The molecule has 2 saturated carbocycles. The molecule has 3 heteroatoms. The highest BCUT2D eigenvalue weighted by Gasteiger charge is 2.43. The van der Waals surface area contributed by atoms with Crippen molar-refractivity contribution in [3.63, 3.8) is 0 Å². The molecule has 2 aliphatic carbocycles. The van der Waals surface area contributed by atoms with Crippen LogP contribution < -0.4 is 5.32 Å². The Labute approximate surface area is 139 Å². The minimum Gasteiger partial charge on any atom is -0.352 e. The summed E-state index contributed by atoms with van der Waals surface area (Å²) in [6.45, 7) is 3.15. The van der Waals surface area contributed by atoms with Crippen LogP contribution in [0.2, 0.25) is 0 Å². The number of nitrogens with one attached hydrogen (secondary N) is 1. The first-order valence-corrected chi connectivity index (χ1v) is 9.34. The summed E-state index contributed by atoms with van der Waals surface area (Å²) in [4.78, 5) is 15.1. The monoisotopic (exact) mass is 312 g/mol. The van der Waals surface area contributed by atoms with Crippen LogP contribution in [0.5, 0.6) is 0 Å². The molecule has 1 heterocycles. The molecule has 1 amide bonds. The molecule has 1 aromatic carbocycles. The van der Waals surface area contributed by atoms with Gasteiger partial charge in [0.1, 0.15) is 0 Å². The minimum absolute atomic E-state index is 0.318. The summed E-state index contributed by atoms with van der Waals surface area (Å²) < 4.78 is 0. The standard InChI is InChI=1S/C20H28N2O/c23-20(19-12-16-8-9-17(19)11-16)21-18-7-4-10-22(14-18)13-15-5-2-1-3-6-15/h1-3,5-6,16-19H,4,7-14H2,(H,21,23)/t16-,17-,18+,19+/m0/s1. The Morgan fingerprint density at radius 1 is 1.13 bits per heavy atom. The van der Waals surface area contributed by atoms with Crippen molar-refractivity contribution in [2.75, 3.05) is 13.1 Å². The number of piperidine rings is 1. The summed E-state index contributed by atoms with van der Waals surface area (Å²) >= 11 is 0. The molecule has 1 aliphatic heterocycles. The molecule has 2 bridgehead atoms. The maximum atomic E-state index is 12.6. The van der Waals surface area contributed by atoms with Crippen molar-refractivity contribution in [3.05, 3.63) is 35.9 Å². The molecule has 124 valence electrons. The number of amides is 1. The number of likely N-dealkylation sites (tertiary alicyclic amines) is 1. The number of benzene rings is 1. The van der Waals surface area contributed by atoms with E-state index in [9.17, 15) is 4.79 Å². The first-order valence-electron chi connectivity index (χ1n) is 9.34. The van der Waals surface area contributed by atoms with Gasteiger partial charge in [0.25, 0.3) is 0 Å². The first kappa shape index (κ1) is 15.2. The van der Waals surface area contributed by atoms with Gasteiger partial charge in [-0.1, -0.05) is 36.8 Å². The highest BCUT2D eigenvalue weighted by molar-refractivity contribution is 5.79. The summed E-state index contributed by atoms with van der Waals surface area (Å²) in [6.07, 6.45) is 7.43. The average Bonchev–Trinajstić information content (AvgIpc) is 3.19. The number of rotatable bonds is 4. The van der Waals surface area contributed by atoms with E-state index in [-0.39, 0.29) is 0 Å². The van der Waals surface area contributed by atoms with Crippen molar-refractivity contribution in [1.82, 2.24) is 10.2 Å². The smallest absolute Gasteiger partial charge is 0.223 e. The van der Waals surface area contributed by atoms with Crippen molar-refractivity contribution in [1.29, 1.82) is 0 Å². The second-order valence-electron chi connectivity index (χ2n) is 7.85. The third-order valence-electron chi connectivity index (χ3n) is 6.18. The maximum Gasteiger partial charge on any atom is 0.223 e.